The van der Waals surface area contributed by atoms with Crippen LogP contribution in [0.2, 0.25) is 5.04 Å². The van der Waals surface area contributed by atoms with Crippen molar-refractivity contribution < 1.29 is 14.3 Å². The molecule has 1 aliphatic heterocycles. The molecular weight excluding hydrogens is 448 g/mol. The van der Waals surface area contributed by atoms with Gasteiger partial charge in [-0.25, -0.2) is 4.79 Å². The fourth-order valence-corrected chi connectivity index (χ4v) is 9.59. The number of H-pyrrole nitrogens is 1. The summed E-state index contributed by atoms with van der Waals surface area (Å²) in [6.45, 7) is 7.98. The number of hydrogen-bond donors (Lipinski definition) is 2. The van der Waals surface area contributed by atoms with E-state index in [1.165, 1.54) is 10.8 Å². The summed E-state index contributed by atoms with van der Waals surface area (Å²) in [5, 5.41) is 12.2. The number of nitrogens with zero attached hydrogens (tertiary/aromatic N) is 1. The van der Waals surface area contributed by atoms with Crippen molar-refractivity contribution in [3.63, 3.8) is 0 Å². The van der Waals surface area contributed by atoms with Crippen molar-refractivity contribution in [2.24, 2.45) is 0 Å². The molecule has 2 N–H and O–H groups in total. The summed E-state index contributed by atoms with van der Waals surface area (Å²) in [5.74, 6) is 0. The number of aliphatic hydroxyl groups is 1. The number of ether oxygens (including phenoxy) is 1. The van der Waals surface area contributed by atoms with E-state index in [9.17, 15) is 14.7 Å². The molecule has 0 radical (unpaired) electrons. The van der Waals surface area contributed by atoms with E-state index in [-0.39, 0.29) is 11.6 Å². The average Bonchev–Trinajstić information content (AvgIpc) is 3.22. The highest BCUT2D eigenvalue weighted by atomic mass is 28.4. The summed E-state index contributed by atoms with van der Waals surface area (Å²) in [5.41, 5.74) is -0.540. The summed E-state index contributed by atoms with van der Waals surface area (Å²) in [4.78, 5) is 26.7. The van der Waals surface area contributed by atoms with Gasteiger partial charge in [-0.2, -0.15) is 0 Å². The number of aryl methyl sites for hydroxylation is 1. The topological polar surface area (TPSA) is 93.6 Å². The molecule has 1 saturated heterocycles. The van der Waals surface area contributed by atoms with Gasteiger partial charge in [0.2, 0.25) is 0 Å². The molecule has 0 saturated carbocycles. The first-order valence-electron chi connectivity index (χ1n) is 11.5. The predicted molar refractivity (Wildman–Crippen MR) is 134 cm³/mol. The fourth-order valence-electron chi connectivity index (χ4n) is 4.88. The molecule has 4 rings (SSSR count). The summed E-state index contributed by atoms with van der Waals surface area (Å²) >= 11 is 0. The van der Waals surface area contributed by atoms with Crippen LogP contribution < -0.4 is 21.6 Å². The minimum absolute atomic E-state index is 0.237. The SMILES string of the molecule is Cc1cn([C@H]2CC(O[Si](c3ccccc3)(c3ccccc3)C(C)(C)C)[C@@H](CO)O2)c(=O)[nH]c1=O. The molecule has 34 heavy (non-hydrogen) atoms. The summed E-state index contributed by atoms with van der Waals surface area (Å²) in [6, 6.07) is 20.5. The predicted octanol–water partition coefficient (Wildman–Crippen LogP) is 2.07. The number of rotatable bonds is 6. The largest absolute Gasteiger partial charge is 0.402 e. The molecule has 3 aromatic rings. The third-order valence-electron chi connectivity index (χ3n) is 6.56. The molecule has 7 nitrogen and oxygen atoms in total. The Kier molecular flexibility index (Phi) is 6.77. The maximum atomic E-state index is 12.5. The molecule has 0 bridgehead atoms. The quantitative estimate of drug-likeness (QED) is 0.527. The van der Waals surface area contributed by atoms with Gasteiger partial charge in [0.25, 0.3) is 13.9 Å². The molecule has 8 heteroatoms. The first-order chi connectivity index (χ1) is 16.2. The maximum absolute atomic E-state index is 12.5. The van der Waals surface area contributed by atoms with Crippen molar-refractivity contribution in [1.29, 1.82) is 0 Å². The highest BCUT2D eigenvalue weighted by Crippen LogP contribution is 2.41. The molecule has 0 amide bonds. The van der Waals surface area contributed by atoms with Crippen LogP contribution in [0.1, 0.15) is 39.0 Å². The second-order valence-corrected chi connectivity index (χ2v) is 14.1. The minimum Gasteiger partial charge on any atom is -0.402 e. The fraction of sp³-hybridized carbons (Fsp3) is 0.385. The van der Waals surface area contributed by atoms with Crippen molar-refractivity contribution in [3.05, 3.63) is 93.3 Å². The molecule has 180 valence electrons. The second-order valence-electron chi connectivity index (χ2n) is 9.85. The Morgan fingerprint density at radius 1 is 1.06 bits per heavy atom. The lowest BCUT2D eigenvalue weighted by molar-refractivity contribution is -0.0434. The van der Waals surface area contributed by atoms with Gasteiger partial charge in [-0.1, -0.05) is 81.4 Å². The van der Waals surface area contributed by atoms with E-state index in [1.54, 1.807) is 6.92 Å². The number of aliphatic hydroxyl groups excluding tert-OH is 1. The smallest absolute Gasteiger partial charge is 0.330 e. The van der Waals surface area contributed by atoms with Gasteiger partial charge in [-0.3, -0.25) is 14.3 Å². The van der Waals surface area contributed by atoms with Gasteiger partial charge in [0.1, 0.15) is 12.3 Å². The molecule has 3 atom stereocenters. The maximum Gasteiger partial charge on any atom is 0.330 e. The molecule has 2 aromatic carbocycles. The van der Waals surface area contributed by atoms with Gasteiger partial charge in [0.05, 0.1) is 12.7 Å². The molecule has 1 fully saturated rings. The third-order valence-corrected chi connectivity index (χ3v) is 11.6. The molecule has 2 heterocycles. The highest BCUT2D eigenvalue weighted by molar-refractivity contribution is 6.99. The zero-order valence-electron chi connectivity index (χ0n) is 20.0. The zero-order chi connectivity index (χ0) is 24.5. The van der Waals surface area contributed by atoms with Crippen LogP contribution in [0.25, 0.3) is 0 Å². The van der Waals surface area contributed by atoms with Crippen molar-refractivity contribution in [1.82, 2.24) is 9.55 Å². The van der Waals surface area contributed by atoms with Gasteiger partial charge in [0.15, 0.2) is 0 Å². The van der Waals surface area contributed by atoms with E-state index < -0.39 is 38.0 Å². The van der Waals surface area contributed by atoms with Crippen molar-refractivity contribution in [2.75, 3.05) is 6.61 Å². The summed E-state index contributed by atoms with van der Waals surface area (Å²) < 4.78 is 14.6. The van der Waals surface area contributed by atoms with Crippen LogP contribution in [-0.4, -0.2) is 41.8 Å². The van der Waals surface area contributed by atoms with Crippen LogP contribution in [0.3, 0.4) is 0 Å². The first-order valence-corrected chi connectivity index (χ1v) is 13.5. The Hall–Kier alpha value is -2.78. The standard InChI is InChI=1S/C26H32N2O5Si/c1-18-16-28(25(31)27-24(18)30)23-15-21(22(17-29)32-23)33-34(26(2,3)4,19-11-7-5-8-12-19)20-13-9-6-10-14-20/h5-14,16,21-23,29H,15,17H2,1-4H3,(H,27,30,31)/t21?,22-,23-/m1/s1. The number of aromatic nitrogens is 2. The van der Waals surface area contributed by atoms with E-state index in [0.29, 0.717) is 12.0 Å². The van der Waals surface area contributed by atoms with Crippen LogP contribution in [0, 0.1) is 6.92 Å². The third kappa shape index (κ3) is 4.34. The summed E-state index contributed by atoms with van der Waals surface area (Å²) in [7, 11) is -2.87. The monoisotopic (exact) mass is 480 g/mol. The molecular formula is C26H32N2O5Si. The number of benzene rings is 2. The average molecular weight is 481 g/mol. The Bertz CT molecular complexity index is 1190. The number of hydrogen-bond acceptors (Lipinski definition) is 5. The summed E-state index contributed by atoms with van der Waals surface area (Å²) in [6.07, 6.45) is 0.182. The van der Waals surface area contributed by atoms with Gasteiger partial charge in [-0.05, 0) is 22.3 Å². The van der Waals surface area contributed by atoms with Gasteiger partial charge in [0, 0.05) is 18.2 Å². The number of aromatic amines is 1. The molecule has 1 aromatic heterocycles. The van der Waals surface area contributed by atoms with E-state index in [1.807, 2.05) is 36.4 Å². The normalized spacial score (nSPS) is 21.0. The van der Waals surface area contributed by atoms with E-state index in [4.69, 9.17) is 9.16 Å². The molecule has 0 aliphatic carbocycles. The van der Waals surface area contributed by atoms with Crippen molar-refractivity contribution in [3.8, 4) is 0 Å². The highest BCUT2D eigenvalue weighted by Gasteiger charge is 2.53. The lowest BCUT2D eigenvalue weighted by atomic mass is 10.2. The Morgan fingerprint density at radius 3 is 2.12 bits per heavy atom. The Morgan fingerprint density at radius 2 is 1.62 bits per heavy atom. The van der Waals surface area contributed by atoms with Gasteiger partial charge in [-0.15, -0.1) is 0 Å². The van der Waals surface area contributed by atoms with Crippen LogP contribution in [-0.2, 0) is 9.16 Å². The lowest BCUT2D eigenvalue weighted by Gasteiger charge is -2.45. The van der Waals surface area contributed by atoms with Crippen molar-refractivity contribution >= 4 is 18.7 Å². The second kappa shape index (κ2) is 9.46. The zero-order valence-corrected chi connectivity index (χ0v) is 21.0. The molecule has 1 aliphatic rings. The van der Waals surface area contributed by atoms with Crippen LogP contribution in [0.4, 0.5) is 0 Å². The minimum atomic E-state index is -2.87. The van der Waals surface area contributed by atoms with Crippen molar-refractivity contribution in [2.45, 2.75) is 57.6 Å². The molecule has 0 spiro atoms. The Balaban J connectivity index is 1.79. The lowest BCUT2D eigenvalue weighted by Crippen LogP contribution is -2.68. The van der Waals surface area contributed by atoms with Gasteiger partial charge < -0.3 is 14.3 Å². The first kappa shape index (κ1) is 24.3. The van der Waals surface area contributed by atoms with E-state index >= 15 is 0 Å². The molecule has 1 unspecified atom stereocenters. The number of nitrogens with one attached hydrogen (secondary N) is 1. The van der Waals surface area contributed by atoms with Crippen LogP contribution in [0.5, 0.6) is 0 Å². The van der Waals surface area contributed by atoms with E-state index in [0.717, 1.165) is 10.4 Å². The van der Waals surface area contributed by atoms with E-state index in [2.05, 4.69) is 50.0 Å². The Labute approximate surface area is 200 Å². The van der Waals surface area contributed by atoms with Gasteiger partial charge >= 0.3 is 5.69 Å². The van der Waals surface area contributed by atoms with Crippen LogP contribution >= 0.6 is 0 Å². The van der Waals surface area contributed by atoms with Crippen LogP contribution in [0.15, 0.2) is 76.4 Å².